The van der Waals surface area contributed by atoms with Crippen LogP contribution >= 0.6 is 0 Å². The molecule has 0 fully saturated rings. The fourth-order valence-corrected chi connectivity index (χ4v) is 1.49. The van der Waals surface area contributed by atoms with Gasteiger partial charge >= 0.3 is 0 Å². The maximum atomic E-state index is 12.0. The molecule has 1 amide bonds. The summed E-state index contributed by atoms with van der Waals surface area (Å²) in [5.41, 5.74) is 7.25. The summed E-state index contributed by atoms with van der Waals surface area (Å²) in [6, 6.07) is 3.44. The van der Waals surface area contributed by atoms with Crippen LogP contribution in [0.15, 0.2) is 24.5 Å². The molecule has 0 aliphatic rings. The maximum absolute atomic E-state index is 12.0. The summed E-state index contributed by atoms with van der Waals surface area (Å²) in [4.78, 5) is 16.0. The van der Waals surface area contributed by atoms with Crippen molar-refractivity contribution in [1.29, 1.82) is 0 Å². The first-order chi connectivity index (χ1) is 9.20. The van der Waals surface area contributed by atoms with Crippen molar-refractivity contribution in [1.82, 2.24) is 15.2 Å². The summed E-state index contributed by atoms with van der Waals surface area (Å²) in [6.45, 7) is 2.07. The molecule has 2 aromatic heterocycles. The largest absolute Gasteiger partial charge is 0.320 e. The number of aromatic nitrogens is 3. The van der Waals surface area contributed by atoms with Crippen molar-refractivity contribution in [3.05, 3.63) is 41.3 Å². The van der Waals surface area contributed by atoms with Gasteiger partial charge in [0.15, 0.2) is 0 Å². The van der Waals surface area contributed by atoms with E-state index < -0.39 is 0 Å². The van der Waals surface area contributed by atoms with Crippen molar-refractivity contribution in [2.45, 2.75) is 6.92 Å². The molecule has 0 radical (unpaired) electrons. The molecule has 0 saturated carbocycles. The summed E-state index contributed by atoms with van der Waals surface area (Å²) in [6.07, 6.45) is 3.06. The van der Waals surface area contributed by atoms with Crippen molar-refractivity contribution in [2.24, 2.45) is 5.73 Å². The van der Waals surface area contributed by atoms with Gasteiger partial charge in [-0.05, 0) is 19.1 Å². The van der Waals surface area contributed by atoms with Crippen LogP contribution in [0.3, 0.4) is 0 Å². The molecule has 0 bridgehead atoms. The van der Waals surface area contributed by atoms with E-state index in [0.29, 0.717) is 17.1 Å². The van der Waals surface area contributed by atoms with Gasteiger partial charge in [0.2, 0.25) is 0 Å². The number of aromatic amines is 1. The smallest absolute Gasteiger partial charge is 0.260 e. The zero-order chi connectivity index (χ0) is 13.7. The van der Waals surface area contributed by atoms with Crippen LogP contribution < -0.4 is 11.1 Å². The minimum atomic E-state index is -0.261. The molecule has 2 heterocycles. The van der Waals surface area contributed by atoms with Crippen LogP contribution in [0.2, 0.25) is 0 Å². The molecule has 0 aliphatic carbocycles. The molecule has 2 aromatic rings. The number of rotatable bonds is 2. The van der Waals surface area contributed by atoms with Crippen LogP contribution in [0.4, 0.5) is 5.82 Å². The monoisotopic (exact) mass is 255 g/mol. The van der Waals surface area contributed by atoms with E-state index in [-0.39, 0.29) is 12.5 Å². The number of hydrogen-bond donors (Lipinski definition) is 3. The second kappa shape index (κ2) is 5.80. The average Bonchev–Trinajstić information content (AvgIpc) is 2.83. The highest BCUT2D eigenvalue weighted by atomic mass is 16.1. The summed E-state index contributed by atoms with van der Waals surface area (Å²) in [5.74, 6) is 5.80. The predicted molar refractivity (Wildman–Crippen MR) is 71.4 cm³/mol. The maximum Gasteiger partial charge on any atom is 0.260 e. The number of pyridine rings is 1. The molecule has 0 aliphatic heterocycles. The highest BCUT2D eigenvalue weighted by molar-refractivity contribution is 6.04. The lowest BCUT2D eigenvalue weighted by Gasteiger charge is -2.03. The Morgan fingerprint density at radius 1 is 1.58 bits per heavy atom. The number of anilines is 1. The molecule has 6 heteroatoms. The molecule has 4 N–H and O–H groups in total. The normalized spacial score (nSPS) is 9.58. The molecule has 0 spiro atoms. The van der Waals surface area contributed by atoms with Crippen LogP contribution in [-0.2, 0) is 0 Å². The van der Waals surface area contributed by atoms with Crippen molar-refractivity contribution >= 4 is 11.7 Å². The molecule has 6 nitrogen and oxygen atoms in total. The molecule has 19 heavy (non-hydrogen) atoms. The van der Waals surface area contributed by atoms with Crippen LogP contribution in [0, 0.1) is 18.8 Å². The number of nitrogens with zero attached hydrogens (tertiary/aromatic N) is 2. The van der Waals surface area contributed by atoms with E-state index in [0.717, 1.165) is 5.56 Å². The molecular weight excluding hydrogens is 242 g/mol. The SMILES string of the molecule is Cc1[nH]ncc1C(=O)Nc1cc(C#CCN)ccn1. The summed E-state index contributed by atoms with van der Waals surface area (Å²) >= 11 is 0. The second-order valence-electron chi connectivity index (χ2n) is 3.80. The van der Waals surface area contributed by atoms with Crippen LogP contribution in [-0.4, -0.2) is 27.6 Å². The van der Waals surface area contributed by atoms with E-state index in [1.807, 2.05) is 0 Å². The summed E-state index contributed by atoms with van der Waals surface area (Å²) < 4.78 is 0. The average molecular weight is 255 g/mol. The lowest BCUT2D eigenvalue weighted by atomic mass is 10.2. The number of H-pyrrole nitrogens is 1. The zero-order valence-electron chi connectivity index (χ0n) is 10.4. The fraction of sp³-hybridized carbons (Fsp3) is 0.154. The van der Waals surface area contributed by atoms with E-state index in [1.165, 1.54) is 6.20 Å². The highest BCUT2D eigenvalue weighted by Gasteiger charge is 2.11. The van der Waals surface area contributed by atoms with Crippen molar-refractivity contribution in [3.63, 3.8) is 0 Å². The number of nitrogens with one attached hydrogen (secondary N) is 2. The number of carbonyl (C=O) groups is 1. The first-order valence-electron chi connectivity index (χ1n) is 5.67. The van der Waals surface area contributed by atoms with Crippen molar-refractivity contribution in [3.8, 4) is 11.8 Å². The van der Waals surface area contributed by atoms with Gasteiger partial charge in [-0.25, -0.2) is 4.98 Å². The molecule has 0 unspecified atom stereocenters. The van der Waals surface area contributed by atoms with E-state index in [1.54, 1.807) is 25.3 Å². The third-order valence-electron chi connectivity index (χ3n) is 2.41. The standard InChI is InChI=1S/C13H13N5O/c1-9-11(8-16-18-9)13(19)17-12-7-10(3-2-5-14)4-6-15-12/h4,6-8H,5,14H2,1H3,(H,16,18)(H,15,17,19). The van der Waals surface area contributed by atoms with Crippen molar-refractivity contribution < 1.29 is 4.79 Å². The third kappa shape index (κ3) is 3.18. The molecule has 96 valence electrons. The van der Waals surface area contributed by atoms with Crippen LogP contribution in [0.1, 0.15) is 21.6 Å². The number of nitrogens with two attached hydrogens (primary N) is 1. The zero-order valence-corrected chi connectivity index (χ0v) is 10.4. The molecule has 2 rings (SSSR count). The third-order valence-corrected chi connectivity index (χ3v) is 2.41. The van der Waals surface area contributed by atoms with Crippen LogP contribution in [0.25, 0.3) is 0 Å². The quantitative estimate of drug-likeness (QED) is 0.687. The first kappa shape index (κ1) is 12.8. The van der Waals surface area contributed by atoms with Gasteiger partial charge in [-0.2, -0.15) is 5.10 Å². The van der Waals surface area contributed by atoms with Gasteiger partial charge in [-0.15, -0.1) is 0 Å². The minimum absolute atomic E-state index is 0.261. The van der Waals surface area contributed by atoms with E-state index >= 15 is 0 Å². The molecular formula is C13H13N5O. The Labute approximate surface area is 110 Å². The Hall–Kier alpha value is -2.65. The van der Waals surface area contributed by atoms with E-state index in [2.05, 4.69) is 32.3 Å². The number of carbonyl (C=O) groups excluding carboxylic acids is 1. The van der Waals surface area contributed by atoms with Gasteiger partial charge in [-0.1, -0.05) is 11.8 Å². The Balaban J connectivity index is 2.15. The van der Waals surface area contributed by atoms with Gasteiger partial charge in [0.25, 0.3) is 5.91 Å². The minimum Gasteiger partial charge on any atom is -0.320 e. The summed E-state index contributed by atoms with van der Waals surface area (Å²) in [5, 5.41) is 9.20. The molecule has 0 saturated heterocycles. The highest BCUT2D eigenvalue weighted by Crippen LogP contribution is 2.09. The van der Waals surface area contributed by atoms with E-state index in [9.17, 15) is 4.79 Å². The van der Waals surface area contributed by atoms with Crippen LogP contribution in [0.5, 0.6) is 0 Å². The Morgan fingerprint density at radius 2 is 2.42 bits per heavy atom. The van der Waals surface area contributed by atoms with Crippen molar-refractivity contribution in [2.75, 3.05) is 11.9 Å². The van der Waals surface area contributed by atoms with Gasteiger partial charge in [0.05, 0.1) is 18.3 Å². The Bertz CT molecular complexity index is 650. The van der Waals surface area contributed by atoms with Gasteiger partial charge < -0.3 is 11.1 Å². The topological polar surface area (TPSA) is 96.7 Å². The molecule has 0 atom stereocenters. The Morgan fingerprint density at radius 3 is 3.11 bits per heavy atom. The molecule has 0 aromatic carbocycles. The Kier molecular flexibility index (Phi) is 3.90. The number of aryl methyl sites for hydroxylation is 1. The first-order valence-corrected chi connectivity index (χ1v) is 5.67. The van der Waals surface area contributed by atoms with Gasteiger partial charge in [-0.3, -0.25) is 9.89 Å². The van der Waals surface area contributed by atoms with Gasteiger partial charge in [0.1, 0.15) is 5.82 Å². The van der Waals surface area contributed by atoms with Gasteiger partial charge in [0, 0.05) is 17.5 Å². The number of amides is 1. The number of hydrogen-bond acceptors (Lipinski definition) is 4. The second-order valence-corrected chi connectivity index (χ2v) is 3.80. The predicted octanol–water partition coefficient (Wildman–Crippen LogP) is 0.676. The fourth-order valence-electron chi connectivity index (χ4n) is 1.49. The lowest BCUT2D eigenvalue weighted by Crippen LogP contribution is -2.13. The van der Waals surface area contributed by atoms with E-state index in [4.69, 9.17) is 5.73 Å². The lowest BCUT2D eigenvalue weighted by molar-refractivity contribution is 0.102. The summed E-state index contributed by atoms with van der Waals surface area (Å²) in [7, 11) is 0.